The normalized spacial score (nSPS) is 15.8. The number of urea groups is 1. The van der Waals surface area contributed by atoms with Gasteiger partial charge in [0.15, 0.2) is 0 Å². The van der Waals surface area contributed by atoms with Crippen LogP contribution in [-0.4, -0.2) is 73.2 Å². The maximum absolute atomic E-state index is 12.3. The van der Waals surface area contributed by atoms with Crippen molar-refractivity contribution in [3.05, 3.63) is 58.4 Å². The summed E-state index contributed by atoms with van der Waals surface area (Å²) < 4.78 is 27.3. The first-order valence-corrected chi connectivity index (χ1v) is 12.0. The summed E-state index contributed by atoms with van der Waals surface area (Å²) in [6.45, 7) is 4.88. The summed E-state index contributed by atoms with van der Waals surface area (Å²) in [7, 11) is -0.318. The second kappa shape index (κ2) is 10.1. The highest BCUT2D eigenvalue weighted by Crippen LogP contribution is 2.22. The molecular weight excluding hydrogens is 452 g/mol. The van der Waals surface area contributed by atoms with Crippen molar-refractivity contribution in [2.75, 3.05) is 45.2 Å². The summed E-state index contributed by atoms with van der Waals surface area (Å²) in [6.07, 6.45) is 1.62. The number of hydrogen-bond acceptors (Lipinski definition) is 5. The summed E-state index contributed by atoms with van der Waals surface area (Å²) in [5, 5.41) is 0.567. The molecule has 1 fully saturated rings. The number of hydrogen-bond donors (Lipinski definition) is 1. The van der Waals surface area contributed by atoms with E-state index in [0.29, 0.717) is 43.4 Å². The molecule has 174 valence electrons. The number of nitrogens with zero attached hydrogens (tertiary/aromatic N) is 5. The number of rotatable bonds is 7. The van der Waals surface area contributed by atoms with Crippen molar-refractivity contribution < 1.29 is 13.2 Å². The van der Waals surface area contributed by atoms with Crippen molar-refractivity contribution in [3.8, 4) is 0 Å². The van der Waals surface area contributed by atoms with Gasteiger partial charge in [-0.05, 0) is 42.3 Å². The Labute approximate surface area is 194 Å². The minimum atomic E-state index is -3.40. The summed E-state index contributed by atoms with van der Waals surface area (Å²) in [4.78, 5) is 19.9. The van der Waals surface area contributed by atoms with E-state index in [0.717, 1.165) is 16.8 Å². The van der Waals surface area contributed by atoms with Crippen LogP contribution < -0.4 is 10.6 Å². The lowest BCUT2D eigenvalue weighted by Crippen LogP contribution is -2.51. The van der Waals surface area contributed by atoms with E-state index in [4.69, 9.17) is 17.3 Å². The van der Waals surface area contributed by atoms with Crippen LogP contribution in [-0.2, 0) is 23.3 Å². The fourth-order valence-electron chi connectivity index (χ4n) is 3.61. The van der Waals surface area contributed by atoms with E-state index in [1.54, 1.807) is 12.3 Å². The van der Waals surface area contributed by atoms with E-state index in [1.807, 2.05) is 31.2 Å². The Balaban J connectivity index is 1.69. The van der Waals surface area contributed by atoms with Crippen LogP contribution in [0, 0.1) is 6.92 Å². The van der Waals surface area contributed by atoms with E-state index in [2.05, 4.69) is 9.88 Å². The molecule has 0 saturated carbocycles. The zero-order valence-corrected chi connectivity index (χ0v) is 20.1. The number of aryl methyl sites for hydroxylation is 1. The number of halogens is 1. The molecule has 0 bridgehead atoms. The molecule has 0 aliphatic carbocycles. The smallest absolute Gasteiger partial charge is 0.319 e. The largest absolute Gasteiger partial charge is 0.351 e. The van der Waals surface area contributed by atoms with E-state index in [-0.39, 0.29) is 6.54 Å². The molecule has 2 N–H and O–H groups in total. The fourth-order valence-corrected chi connectivity index (χ4v) is 4.97. The molecule has 1 aliphatic rings. The van der Waals surface area contributed by atoms with Crippen molar-refractivity contribution in [3.63, 3.8) is 0 Å². The van der Waals surface area contributed by atoms with E-state index in [9.17, 15) is 13.2 Å². The van der Waals surface area contributed by atoms with Gasteiger partial charge >= 0.3 is 6.03 Å². The second-order valence-corrected chi connectivity index (χ2v) is 10.6. The van der Waals surface area contributed by atoms with Crippen LogP contribution in [0.2, 0.25) is 5.02 Å². The van der Waals surface area contributed by atoms with Crippen molar-refractivity contribution in [1.29, 1.82) is 0 Å². The van der Waals surface area contributed by atoms with Crippen LogP contribution in [0.5, 0.6) is 0 Å². The van der Waals surface area contributed by atoms with Crippen LogP contribution in [0.25, 0.3) is 0 Å². The molecule has 1 aromatic heterocycles. The maximum Gasteiger partial charge on any atom is 0.319 e. The number of benzene rings is 1. The van der Waals surface area contributed by atoms with E-state index in [1.165, 1.54) is 27.6 Å². The first kappa shape index (κ1) is 24.4. The van der Waals surface area contributed by atoms with Crippen LogP contribution in [0.15, 0.2) is 36.5 Å². The average Bonchev–Trinajstić information content (AvgIpc) is 2.72. The van der Waals surface area contributed by atoms with Crippen LogP contribution in [0.3, 0.4) is 0 Å². The molecule has 0 unspecified atom stereocenters. The molecule has 1 aromatic carbocycles. The minimum Gasteiger partial charge on any atom is -0.351 e. The third-order valence-corrected chi connectivity index (χ3v) is 7.52. The van der Waals surface area contributed by atoms with Crippen molar-refractivity contribution >= 4 is 33.5 Å². The van der Waals surface area contributed by atoms with Gasteiger partial charge in [0.25, 0.3) is 10.2 Å². The van der Waals surface area contributed by atoms with E-state index >= 15 is 0 Å². The van der Waals surface area contributed by atoms with Gasteiger partial charge in [0.2, 0.25) is 0 Å². The Morgan fingerprint density at radius 2 is 1.78 bits per heavy atom. The van der Waals surface area contributed by atoms with Gasteiger partial charge in [-0.15, -0.1) is 0 Å². The van der Waals surface area contributed by atoms with Crippen molar-refractivity contribution in [1.82, 2.24) is 18.5 Å². The lowest BCUT2D eigenvalue weighted by Gasteiger charge is -2.35. The SMILES string of the molecule is Cc1ccc(N(Cc2cc(Cl)cc(CN3CCN(S(=O)(=O)N(C)C)CC3)c2)C(N)=O)cn1. The zero-order chi connectivity index (χ0) is 23.5. The molecule has 3 rings (SSSR count). The topological polar surface area (TPSA) is 103 Å². The molecule has 2 amide bonds. The van der Waals surface area contributed by atoms with Gasteiger partial charge < -0.3 is 5.73 Å². The maximum atomic E-state index is 12.3. The molecule has 0 spiro atoms. The molecule has 9 nitrogen and oxygen atoms in total. The number of primary amides is 1. The Morgan fingerprint density at radius 3 is 2.34 bits per heavy atom. The highest BCUT2D eigenvalue weighted by Gasteiger charge is 2.28. The molecule has 0 atom stereocenters. The molecule has 11 heteroatoms. The fraction of sp³-hybridized carbons (Fsp3) is 0.429. The van der Waals surface area contributed by atoms with Crippen LogP contribution >= 0.6 is 11.6 Å². The van der Waals surface area contributed by atoms with E-state index < -0.39 is 16.2 Å². The van der Waals surface area contributed by atoms with Gasteiger partial charge in [-0.3, -0.25) is 14.8 Å². The number of pyridine rings is 1. The Kier molecular flexibility index (Phi) is 7.73. The molecular formula is C21H29ClN6O3S. The lowest BCUT2D eigenvalue weighted by atomic mass is 10.1. The highest BCUT2D eigenvalue weighted by molar-refractivity contribution is 7.86. The number of piperazine rings is 1. The number of aromatic nitrogens is 1. The van der Waals surface area contributed by atoms with Crippen LogP contribution in [0.4, 0.5) is 10.5 Å². The van der Waals surface area contributed by atoms with Crippen LogP contribution in [0.1, 0.15) is 16.8 Å². The molecule has 1 saturated heterocycles. The highest BCUT2D eigenvalue weighted by atomic mass is 35.5. The summed E-state index contributed by atoms with van der Waals surface area (Å²) in [5.41, 5.74) is 8.91. The number of anilines is 1. The zero-order valence-electron chi connectivity index (χ0n) is 18.5. The second-order valence-electron chi connectivity index (χ2n) is 8.02. The first-order chi connectivity index (χ1) is 15.1. The molecule has 32 heavy (non-hydrogen) atoms. The Hall–Kier alpha value is -2.24. The number of amides is 2. The molecule has 2 aromatic rings. The first-order valence-electron chi connectivity index (χ1n) is 10.2. The standard InChI is InChI=1S/C21H29ClN6O3S/c1-16-4-5-20(13-24-16)28(21(23)29)15-18-10-17(11-19(22)12-18)14-26-6-8-27(9-7-26)32(30,31)25(2)3/h4-5,10-13H,6-9,14-15H2,1-3H3,(H2,23,29). The van der Waals surface area contributed by atoms with Crippen molar-refractivity contribution in [2.45, 2.75) is 20.0 Å². The predicted molar refractivity (Wildman–Crippen MR) is 126 cm³/mol. The van der Waals surface area contributed by atoms with Gasteiger partial charge in [-0.2, -0.15) is 17.0 Å². The summed E-state index contributed by atoms with van der Waals surface area (Å²) >= 11 is 6.36. The summed E-state index contributed by atoms with van der Waals surface area (Å²) in [6, 6.07) is 8.74. The van der Waals surface area contributed by atoms with Crippen molar-refractivity contribution in [2.24, 2.45) is 5.73 Å². The van der Waals surface area contributed by atoms with Gasteiger partial charge in [-0.25, -0.2) is 4.79 Å². The minimum absolute atomic E-state index is 0.266. The third-order valence-electron chi connectivity index (χ3n) is 5.36. The van der Waals surface area contributed by atoms with Gasteiger partial charge in [0, 0.05) is 57.5 Å². The number of carbonyl (C=O) groups excluding carboxylic acids is 1. The quantitative estimate of drug-likeness (QED) is 0.653. The van der Waals surface area contributed by atoms with Gasteiger partial charge in [-0.1, -0.05) is 17.7 Å². The average molecular weight is 481 g/mol. The van der Waals surface area contributed by atoms with Gasteiger partial charge in [0.1, 0.15) is 0 Å². The number of carbonyl (C=O) groups is 1. The monoisotopic (exact) mass is 480 g/mol. The summed E-state index contributed by atoms with van der Waals surface area (Å²) in [5.74, 6) is 0. The molecule has 2 heterocycles. The molecule has 1 aliphatic heterocycles. The predicted octanol–water partition coefficient (Wildman–Crippen LogP) is 2.05. The van der Waals surface area contributed by atoms with Gasteiger partial charge in [0.05, 0.1) is 18.4 Å². The Bertz CT molecular complexity index is 1050. The third kappa shape index (κ3) is 5.96. The molecule has 0 radical (unpaired) electrons. The Morgan fingerprint density at radius 1 is 1.12 bits per heavy atom. The number of nitrogens with two attached hydrogens (primary N) is 1. The lowest BCUT2D eigenvalue weighted by molar-refractivity contribution is 0.177.